The van der Waals surface area contributed by atoms with Gasteiger partial charge in [0.15, 0.2) is 0 Å². The molecule has 1 aliphatic rings. The number of para-hydroxylation sites is 1. The van der Waals surface area contributed by atoms with Crippen molar-refractivity contribution in [1.29, 1.82) is 0 Å². The fraction of sp³-hybridized carbons (Fsp3) is 0.235. The van der Waals surface area contributed by atoms with Crippen LogP contribution in [0.15, 0.2) is 48.8 Å². The van der Waals surface area contributed by atoms with Crippen molar-refractivity contribution in [2.24, 2.45) is 0 Å². The van der Waals surface area contributed by atoms with Crippen molar-refractivity contribution in [3.05, 3.63) is 59.9 Å². The first-order chi connectivity index (χ1) is 11.2. The van der Waals surface area contributed by atoms with E-state index in [1.807, 2.05) is 30.3 Å². The van der Waals surface area contributed by atoms with Crippen LogP contribution in [0.5, 0.6) is 0 Å². The number of nitrogens with one attached hydrogen (secondary N) is 1. The molecular weight excluding hydrogens is 292 g/mol. The van der Waals surface area contributed by atoms with Crippen LogP contribution >= 0.6 is 0 Å². The number of urea groups is 1. The molecule has 2 heterocycles. The van der Waals surface area contributed by atoms with Crippen molar-refractivity contribution in [2.75, 3.05) is 4.90 Å². The third-order valence-corrected chi connectivity index (χ3v) is 3.73. The second-order valence-electron chi connectivity index (χ2n) is 5.28. The zero-order valence-corrected chi connectivity index (χ0v) is 12.9. The smallest absolute Gasteiger partial charge is 0.274 e. The number of fused-ring (bicyclic) bond motifs is 1. The van der Waals surface area contributed by atoms with E-state index in [0.717, 1.165) is 11.1 Å². The second kappa shape index (κ2) is 6.58. The van der Waals surface area contributed by atoms with Crippen LogP contribution in [-0.4, -0.2) is 21.9 Å². The number of aromatic nitrogens is 1. The van der Waals surface area contributed by atoms with Crippen molar-refractivity contribution in [3.8, 4) is 0 Å². The van der Waals surface area contributed by atoms with Gasteiger partial charge in [-0.05, 0) is 23.3 Å². The molecule has 1 aromatic heterocycles. The largest absolute Gasteiger partial charge is 0.346 e. The van der Waals surface area contributed by atoms with E-state index in [0.29, 0.717) is 18.8 Å². The van der Waals surface area contributed by atoms with Crippen LogP contribution in [0, 0.1) is 0 Å². The number of carbonyl (C=O) groups is 2. The standard InChI is InChI=1S/C17H18N4O2/c1-2-16(22)21-15-8-4-3-7-14(15)12-20(17(21)23)19-11-13-6-5-9-18-10-13/h3-10,19H,2,11-12H2,1H3. The molecule has 2 aromatic rings. The summed E-state index contributed by atoms with van der Waals surface area (Å²) in [6, 6.07) is 10.9. The van der Waals surface area contributed by atoms with Crippen LogP contribution in [0.3, 0.4) is 0 Å². The number of hydrogen-bond donors (Lipinski definition) is 1. The topological polar surface area (TPSA) is 65.5 Å². The van der Waals surface area contributed by atoms with Gasteiger partial charge in [-0.3, -0.25) is 14.8 Å². The van der Waals surface area contributed by atoms with Crippen molar-refractivity contribution >= 4 is 17.6 Å². The molecule has 0 saturated carbocycles. The molecule has 0 unspecified atom stereocenters. The average molecular weight is 310 g/mol. The molecule has 0 saturated heterocycles. The normalized spacial score (nSPS) is 13.9. The minimum atomic E-state index is -0.348. The van der Waals surface area contributed by atoms with E-state index >= 15 is 0 Å². The summed E-state index contributed by atoms with van der Waals surface area (Å²) in [5, 5.41) is 1.48. The van der Waals surface area contributed by atoms with Gasteiger partial charge < -0.3 is 0 Å². The molecule has 6 heteroatoms. The number of benzene rings is 1. The maximum Gasteiger partial charge on any atom is 0.346 e. The minimum Gasteiger partial charge on any atom is -0.274 e. The Labute approximate surface area is 134 Å². The number of rotatable bonds is 4. The zero-order valence-electron chi connectivity index (χ0n) is 12.9. The molecule has 0 atom stereocenters. The van der Waals surface area contributed by atoms with E-state index in [1.54, 1.807) is 25.4 Å². The summed E-state index contributed by atoms with van der Waals surface area (Å²) in [4.78, 5) is 30.2. The van der Waals surface area contributed by atoms with Gasteiger partial charge in [0, 0.05) is 25.4 Å². The predicted molar refractivity (Wildman–Crippen MR) is 86.2 cm³/mol. The third-order valence-electron chi connectivity index (χ3n) is 3.73. The molecule has 0 aliphatic carbocycles. The van der Waals surface area contributed by atoms with Crippen LogP contribution in [0.1, 0.15) is 24.5 Å². The number of hydrazine groups is 1. The molecular formula is C17H18N4O2. The summed E-state index contributed by atoms with van der Waals surface area (Å²) in [6.45, 7) is 2.64. The van der Waals surface area contributed by atoms with E-state index in [2.05, 4.69) is 10.4 Å². The first-order valence-electron chi connectivity index (χ1n) is 7.55. The van der Waals surface area contributed by atoms with Crippen LogP contribution in [0.2, 0.25) is 0 Å². The van der Waals surface area contributed by atoms with Gasteiger partial charge in [0.1, 0.15) is 0 Å². The maximum absolute atomic E-state index is 12.7. The van der Waals surface area contributed by atoms with Gasteiger partial charge in [-0.15, -0.1) is 0 Å². The fourth-order valence-corrected chi connectivity index (χ4v) is 2.54. The van der Waals surface area contributed by atoms with Gasteiger partial charge in [0.25, 0.3) is 0 Å². The van der Waals surface area contributed by atoms with Crippen molar-refractivity contribution < 1.29 is 9.59 Å². The first kappa shape index (κ1) is 15.2. The minimum absolute atomic E-state index is 0.213. The van der Waals surface area contributed by atoms with Crippen LogP contribution in [-0.2, 0) is 17.9 Å². The lowest BCUT2D eigenvalue weighted by Gasteiger charge is -2.35. The number of pyridine rings is 1. The molecule has 23 heavy (non-hydrogen) atoms. The van der Waals surface area contributed by atoms with Gasteiger partial charge in [-0.2, -0.15) is 0 Å². The lowest BCUT2D eigenvalue weighted by atomic mass is 10.1. The van der Waals surface area contributed by atoms with Gasteiger partial charge in [-0.1, -0.05) is 31.2 Å². The molecule has 0 fully saturated rings. The van der Waals surface area contributed by atoms with E-state index in [9.17, 15) is 9.59 Å². The third kappa shape index (κ3) is 3.07. The number of hydrogen-bond acceptors (Lipinski definition) is 4. The second-order valence-corrected chi connectivity index (χ2v) is 5.28. The fourth-order valence-electron chi connectivity index (χ4n) is 2.54. The summed E-state index contributed by atoms with van der Waals surface area (Å²) in [5.74, 6) is -0.213. The highest BCUT2D eigenvalue weighted by Gasteiger charge is 2.33. The molecule has 3 rings (SSSR count). The number of nitrogens with zero attached hydrogens (tertiary/aromatic N) is 3. The average Bonchev–Trinajstić information content (AvgIpc) is 2.60. The molecule has 6 nitrogen and oxygen atoms in total. The van der Waals surface area contributed by atoms with Crippen molar-refractivity contribution in [1.82, 2.24) is 15.4 Å². The number of amides is 3. The predicted octanol–water partition coefficient (Wildman–Crippen LogP) is 2.47. The Bertz CT molecular complexity index is 718. The molecule has 1 N–H and O–H groups in total. The van der Waals surface area contributed by atoms with E-state index in [-0.39, 0.29) is 18.4 Å². The summed E-state index contributed by atoms with van der Waals surface area (Å²) in [7, 11) is 0. The Morgan fingerprint density at radius 1 is 1.26 bits per heavy atom. The molecule has 0 spiro atoms. The lowest BCUT2D eigenvalue weighted by molar-refractivity contribution is -0.117. The summed E-state index contributed by atoms with van der Waals surface area (Å²) in [6.07, 6.45) is 3.72. The SMILES string of the molecule is CCC(=O)N1C(=O)N(NCc2cccnc2)Cc2ccccc21. The highest BCUT2D eigenvalue weighted by molar-refractivity contribution is 6.15. The molecule has 1 aromatic carbocycles. The molecule has 118 valence electrons. The Hall–Kier alpha value is -2.73. The van der Waals surface area contributed by atoms with Crippen LogP contribution in [0.4, 0.5) is 10.5 Å². The van der Waals surface area contributed by atoms with Crippen LogP contribution < -0.4 is 10.3 Å². The Morgan fingerprint density at radius 3 is 2.83 bits per heavy atom. The maximum atomic E-state index is 12.7. The molecule has 3 amide bonds. The van der Waals surface area contributed by atoms with E-state index < -0.39 is 0 Å². The van der Waals surface area contributed by atoms with Crippen molar-refractivity contribution in [3.63, 3.8) is 0 Å². The summed E-state index contributed by atoms with van der Waals surface area (Å²) >= 11 is 0. The number of imide groups is 1. The lowest BCUT2D eigenvalue weighted by Crippen LogP contribution is -2.54. The molecule has 0 bridgehead atoms. The van der Waals surface area contributed by atoms with Crippen LogP contribution in [0.25, 0.3) is 0 Å². The Balaban J connectivity index is 1.83. The van der Waals surface area contributed by atoms with Crippen molar-refractivity contribution in [2.45, 2.75) is 26.4 Å². The summed E-state index contributed by atoms with van der Waals surface area (Å²) in [5.41, 5.74) is 5.66. The molecule has 1 aliphatic heterocycles. The van der Waals surface area contributed by atoms with E-state index in [4.69, 9.17) is 0 Å². The molecule has 0 radical (unpaired) electrons. The van der Waals surface area contributed by atoms with E-state index in [1.165, 1.54) is 9.91 Å². The number of carbonyl (C=O) groups excluding carboxylic acids is 2. The summed E-state index contributed by atoms with van der Waals surface area (Å²) < 4.78 is 0. The van der Waals surface area contributed by atoms with Gasteiger partial charge in [0.2, 0.25) is 5.91 Å². The zero-order chi connectivity index (χ0) is 16.2. The highest BCUT2D eigenvalue weighted by Crippen LogP contribution is 2.28. The Morgan fingerprint density at radius 2 is 2.09 bits per heavy atom. The van der Waals surface area contributed by atoms with Gasteiger partial charge >= 0.3 is 6.03 Å². The Kier molecular flexibility index (Phi) is 4.34. The number of anilines is 1. The highest BCUT2D eigenvalue weighted by atomic mass is 16.2. The van der Waals surface area contributed by atoms with Gasteiger partial charge in [-0.25, -0.2) is 15.1 Å². The first-order valence-corrected chi connectivity index (χ1v) is 7.55. The monoisotopic (exact) mass is 310 g/mol. The van der Waals surface area contributed by atoms with Gasteiger partial charge in [0.05, 0.1) is 12.2 Å². The quantitative estimate of drug-likeness (QED) is 0.942.